The first-order chi connectivity index (χ1) is 11.1. The van der Waals surface area contributed by atoms with Crippen LogP contribution in [0.15, 0.2) is 34.9 Å². The molecule has 118 valence electrons. The molecular formula is C19H19NO3. The zero-order chi connectivity index (χ0) is 16.4. The number of aromatic hydroxyl groups is 1. The minimum atomic E-state index is 0.164. The predicted molar refractivity (Wildman–Crippen MR) is 88.8 cm³/mol. The Labute approximate surface area is 134 Å². The minimum Gasteiger partial charge on any atom is -0.504 e. The summed E-state index contributed by atoms with van der Waals surface area (Å²) in [4.78, 5) is 15.1. The maximum atomic E-state index is 10.7. The lowest BCUT2D eigenvalue weighted by Crippen LogP contribution is -1.98. The molecule has 0 radical (unpaired) electrons. The van der Waals surface area contributed by atoms with Crippen LogP contribution < -0.4 is 0 Å². The quantitative estimate of drug-likeness (QED) is 0.730. The van der Waals surface area contributed by atoms with Crippen LogP contribution in [0.5, 0.6) is 5.75 Å². The van der Waals surface area contributed by atoms with Gasteiger partial charge in [-0.25, -0.2) is 0 Å². The van der Waals surface area contributed by atoms with Crippen molar-refractivity contribution in [1.82, 2.24) is 4.98 Å². The fourth-order valence-electron chi connectivity index (χ4n) is 2.88. The molecule has 0 aliphatic heterocycles. The largest absolute Gasteiger partial charge is 0.504 e. The summed E-state index contributed by atoms with van der Waals surface area (Å²) in [6.45, 7) is 3.98. The third-order valence-electron chi connectivity index (χ3n) is 4.18. The summed E-state index contributed by atoms with van der Waals surface area (Å²) in [6.07, 6.45) is 4.18. The molecule has 0 aliphatic rings. The van der Waals surface area contributed by atoms with Gasteiger partial charge in [0.25, 0.3) is 0 Å². The van der Waals surface area contributed by atoms with Gasteiger partial charge in [0.1, 0.15) is 6.29 Å². The van der Waals surface area contributed by atoms with E-state index in [1.165, 1.54) is 11.8 Å². The molecule has 0 saturated heterocycles. The highest BCUT2D eigenvalue weighted by Gasteiger charge is 2.13. The van der Waals surface area contributed by atoms with Gasteiger partial charge >= 0.3 is 0 Å². The highest BCUT2D eigenvalue weighted by molar-refractivity contribution is 5.88. The van der Waals surface area contributed by atoms with E-state index in [1.807, 2.05) is 32.0 Å². The molecule has 3 rings (SSSR count). The van der Waals surface area contributed by atoms with Gasteiger partial charge in [0.2, 0.25) is 0 Å². The summed E-state index contributed by atoms with van der Waals surface area (Å²) in [5, 5.41) is 11.2. The number of fused-ring (bicyclic) bond motifs is 1. The maximum Gasteiger partial charge on any atom is 0.176 e. The van der Waals surface area contributed by atoms with E-state index in [0.717, 1.165) is 40.6 Å². The minimum absolute atomic E-state index is 0.164. The molecule has 0 amide bonds. The Morgan fingerprint density at radius 3 is 2.57 bits per heavy atom. The van der Waals surface area contributed by atoms with Crippen molar-refractivity contribution in [1.29, 1.82) is 0 Å². The molecule has 3 aromatic rings. The summed E-state index contributed by atoms with van der Waals surface area (Å²) in [6, 6.07) is 7.90. The van der Waals surface area contributed by atoms with Crippen LogP contribution in [0.25, 0.3) is 11.0 Å². The van der Waals surface area contributed by atoms with Crippen LogP contribution in [0.3, 0.4) is 0 Å². The Hall–Kier alpha value is -2.62. The molecule has 0 aliphatic carbocycles. The molecule has 0 unspecified atom stereocenters. The predicted octanol–water partition coefficient (Wildman–Crippen LogP) is 3.68. The van der Waals surface area contributed by atoms with Gasteiger partial charge in [0, 0.05) is 28.8 Å². The molecule has 0 saturated carbocycles. The number of aromatic nitrogens is 1. The average Bonchev–Trinajstić information content (AvgIpc) is 2.92. The lowest BCUT2D eigenvalue weighted by Gasteiger charge is -2.08. The Morgan fingerprint density at radius 1 is 1.09 bits per heavy atom. The number of aryl methyl sites for hydroxylation is 4. The van der Waals surface area contributed by atoms with Crippen LogP contribution in [0.4, 0.5) is 0 Å². The van der Waals surface area contributed by atoms with Gasteiger partial charge in [-0.15, -0.1) is 0 Å². The van der Waals surface area contributed by atoms with Crippen molar-refractivity contribution < 1.29 is 14.3 Å². The number of carbonyl (C=O) groups excluding carboxylic acids is 1. The number of hydrogen-bond donors (Lipinski definition) is 1. The summed E-state index contributed by atoms with van der Waals surface area (Å²) in [7, 11) is 0. The second-order valence-corrected chi connectivity index (χ2v) is 5.78. The highest BCUT2D eigenvalue weighted by Crippen LogP contribution is 2.33. The standard InChI is InChI=1S/C19H19NO3/c1-12-3-4-14(13(2)20-12)5-6-15-7-8-17-16(9-10-21)11-23-19(17)18(15)22/h3-4,7-8,10-11,22H,5-6,9H2,1-2H3. The number of pyridine rings is 1. The Balaban J connectivity index is 1.86. The van der Waals surface area contributed by atoms with Crippen molar-refractivity contribution in [3.05, 3.63) is 58.6 Å². The molecule has 0 fully saturated rings. The molecular weight excluding hydrogens is 290 g/mol. The SMILES string of the molecule is Cc1ccc(CCc2ccc3c(CC=O)coc3c2O)c(C)n1. The van der Waals surface area contributed by atoms with Gasteiger partial charge in [-0.1, -0.05) is 18.2 Å². The maximum absolute atomic E-state index is 10.7. The lowest BCUT2D eigenvalue weighted by atomic mass is 10.0. The molecule has 1 aromatic carbocycles. The number of benzene rings is 1. The van der Waals surface area contributed by atoms with Crippen molar-refractivity contribution in [2.45, 2.75) is 33.1 Å². The van der Waals surface area contributed by atoms with Gasteiger partial charge in [0.15, 0.2) is 11.3 Å². The Morgan fingerprint density at radius 2 is 1.83 bits per heavy atom. The van der Waals surface area contributed by atoms with Crippen molar-refractivity contribution in [2.24, 2.45) is 0 Å². The molecule has 4 nitrogen and oxygen atoms in total. The van der Waals surface area contributed by atoms with Crippen LogP contribution in [0, 0.1) is 13.8 Å². The number of phenolic OH excluding ortho intramolecular Hbond substituents is 1. The molecule has 0 atom stereocenters. The van der Waals surface area contributed by atoms with Gasteiger partial charge in [-0.2, -0.15) is 0 Å². The van der Waals surface area contributed by atoms with E-state index in [1.54, 1.807) is 0 Å². The first-order valence-corrected chi connectivity index (χ1v) is 7.68. The Kier molecular flexibility index (Phi) is 4.15. The van der Waals surface area contributed by atoms with Crippen LogP contribution in [0.2, 0.25) is 0 Å². The molecule has 0 spiro atoms. The number of phenols is 1. The van der Waals surface area contributed by atoms with Crippen LogP contribution in [0.1, 0.15) is 28.1 Å². The second kappa shape index (κ2) is 6.24. The topological polar surface area (TPSA) is 63.3 Å². The fraction of sp³-hybridized carbons (Fsp3) is 0.263. The Bertz CT molecular complexity index is 864. The number of furan rings is 1. The van der Waals surface area contributed by atoms with E-state index < -0.39 is 0 Å². The van der Waals surface area contributed by atoms with E-state index >= 15 is 0 Å². The first-order valence-electron chi connectivity index (χ1n) is 7.68. The van der Waals surface area contributed by atoms with Crippen molar-refractivity contribution in [3.8, 4) is 5.75 Å². The van der Waals surface area contributed by atoms with Crippen LogP contribution in [-0.4, -0.2) is 16.4 Å². The van der Waals surface area contributed by atoms with E-state index in [4.69, 9.17) is 4.42 Å². The lowest BCUT2D eigenvalue weighted by molar-refractivity contribution is -0.107. The van der Waals surface area contributed by atoms with Crippen LogP contribution in [-0.2, 0) is 24.1 Å². The highest BCUT2D eigenvalue weighted by atomic mass is 16.3. The van der Waals surface area contributed by atoms with Crippen molar-refractivity contribution in [3.63, 3.8) is 0 Å². The molecule has 2 heterocycles. The normalized spacial score (nSPS) is 11.0. The number of rotatable bonds is 5. The summed E-state index contributed by atoms with van der Waals surface area (Å²) >= 11 is 0. The molecule has 23 heavy (non-hydrogen) atoms. The van der Waals surface area contributed by atoms with E-state index in [0.29, 0.717) is 18.4 Å². The molecule has 1 N–H and O–H groups in total. The van der Waals surface area contributed by atoms with Crippen LogP contribution >= 0.6 is 0 Å². The monoisotopic (exact) mass is 309 g/mol. The number of aldehydes is 1. The fourth-order valence-corrected chi connectivity index (χ4v) is 2.88. The van der Waals surface area contributed by atoms with Crippen molar-refractivity contribution >= 4 is 17.3 Å². The smallest absolute Gasteiger partial charge is 0.176 e. The summed E-state index contributed by atoms with van der Waals surface area (Å²) < 4.78 is 5.44. The second-order valence-electron chi connectivity index (χ2n) is 5.78. The number of carbonyl (C=O) groups is 1. The first kappa shape index (κ1) is 15.3. The summed E-state index contributed by atoms with van der Waals surface area (Å²) in [5.74, 6) is 0.164. The van der Waals surface area contributed by atoms with E-state index in [2.05, 4.69) is 11.1 Å². The number of hydrogen-bond acceptors (Lipinski definition) is 4. The average molecular weight is 309 g/mol. The van der Waals surface area contributed by atoms with Gasteiger partial charge in [0.05, 0.1) is 6.26 Å². The third-order valence-corrected chi connectivity index (χ3v) is 4.18. The molecule has 4 heteroatoms. The van der Waals surface area contributed by atoms with Gasteiger partial charge in [-0.3, -0.25) is 4.98 Å². The zero-order valence-electron chi connectivity index (χ0n) is 13.3. The molecule has 2 aromatic heterocycles. The van der Waals surface area contributed by atoms with E-state index in [-0.39, 0.29) is 5.75 Å². The number of nitrogens with zero attached hydrogens (tertiary/aromatic N) is 1. The zero-order valence-corrected chi connectivity index (χ0v) is 13.3. The third kappa shape index (κ3) is 2.97. The van der Waals surface area contributed by atoms with Gasteiger partial charge < -0.3 is 14.3 Å². The summed E-state index contributed by atoms with van der Waals surface area (Å²) in [5.41, 5.74) is 5.31. The van der Waals surface area contributed by atoms with E-state index in [9.17, 15) is 9.90 Å². The molecule has 0 bridgehead atoms. The van der Waals surface area contributed by atoms with Crippen molar-refractivity contribution in [2.75, 3.05) is 0 Å². The van der Waals surface area contributed by atoms with Gasteiger partial charge in [-0.05, 0) is 43.9 Å².